The molecule has 3 aromatic carbocycles. The van der Waals surface area contributed by atoms with Crippen LogP contribution in [0.1, 0.15) is 25.3 Å². The molecule has 3 aromatic rings. The Balaban J connectivity index is 1.42. The quantitative estimate of drug-likeness (QED) is 0.589. The van der Waals surface area contributed by atoms with Crippen LogP contribution in [0.5, 0.6) is 5.75 Å². The summed E-state index contributed by atoms with van der Waals surface area (Å²) < 4.78 is 33.0. The van der Waals surface area contributed by atoms with Crippen molar-refractivity contribution in [2.45, 2.75) is 31.2 Å². The maximum Gasteiger partial charge on any atom is 0.243 e. The highest BCUT2D eigenvalue weighted by Crippen LogP contribution is 2.26. The smallest absolute Gasteiger partial charge is 0.243 e. The number of carbonyl (C=O) groups is 1. The van der Waals surface area contributed by atoms with Crippen LogP contribution in [-0.4, -0.2) is 38.3 Å². The van der Waals surface area contributed by atoms with Gasteiger partial charge in [-0.05, 0) is 60.4 Å². The predicted molar refractivity (Wildman–Crippen MR) is 125 cm³/mol. The van der Waals surface area contributed by atoms with Gasteiger partial charge in [0.1, 0.15) is 5.75 Å². The maximum absolute atomic E-state index is 13.1. The standard InChI is InChI=1S/C25H28N2O4S/c1-2-31-22-12-14-23(15-13-22)32(29,30)27-16-6-10-21(18-27)25(28)26-17-20-9-5-8-19-7-3-4-11-24(19)20/h3-5,7-9,11-15,21H,2,6,10,16-18H2,1H3,(H,26,28)/t21-/m1/s1. The van der Waals surface area contributed by atoms with Crippen LogP contribution in [0.2, 0.25) is 0 Å². The van der Waals surface area contributed by atoms with E-state index >= 15 is 0 Å². The van der Waals surface area contributed by atoms with Crippen LogP contribution in [0.3, 0.4) is 0 Å². The molecule has 32 heavy (non-hydrogen) atoms. The van der Waals surface area contributed by atoms with Crippen molar-refractivity contribution in [2.75, 3.05) is 19.7 Å². The van der Waals surface area contributed by atoms with E-state index in [0.717, 1.165) is 16.3 Å². The van der Waals surface area contributed by atoms with Crippen molar-refractivity contribution in [3.05, 3.63) is 72.3 Å². The number of nitrogens with one attached hydrogen (secondary N) is 1. The molecule has 0 spiro atoms. The number of hydrogen-bond donors (Lipinski definition) is 1. The van der Waals surface area contributed by atoms with Crippen molar-refractivity contribution in [1.29, 1.82) is 0 Å². The first kappa shape index (κ1) is 22.3. The first-order valence-electron chi connectivity index (χ1n) is 11.0. The van der Waals surface area contributed by atoms with E-state index in [-0.39, 0.29) is 23.3 Å². The second kappa shape index (κ2) is 9.71. The zero-order valence-corrected chi connectivity index (χ0v) is 19.0. The molecule has 168 valence electrons. The summed E-state index contributed by atoms with van der Waals surface area (Å²) in [5.74, 6) is 0.163. The molecule has 1 saturated heterocycles. The fraction of sp³-hybridized carbons (Fsp3) is 0.320. The van der Waals surface area contributed by atoms with Gasteiger partial charge in [0.2, 0.25) is 15.9 Å². The summed E-state index contributed by atoms with van der Waals surface area (Å²) in [5, 5.41) is 5.26. The van der Waals surface area contributed by atoms with Crippen LogP contribution < -0.4 is 10.1 Å². The van der Waals surface area contributed by atoms with Crippen molar-refractivity contribution in [1.82, 2.24) is 9.62 Å². The van der Waals surface area contributed by atoms with Crippen molar-refractivity contribution in [3.63, 3.8) is 0 Å². The van der Waals surface area contributed by atoms with Gasteiger partial charge in [-0.25, -0.2) is 8.42 Å². The molecule has 0 aliphatic carbocycles. The van der Waals surface area contributed by atoms with E-state index in [1.165, 1.54) is 4.31 Å². The van der Waals surface area contributed by atoms with Crippen LogP contribution in [0, 0.1) is 5.92 Å². The highest BCUT2D eigenvalue weighted by molar-refractivity contribution is 7.89. The number of rotatable bonds is 7. The van der Waals surface area contributed by atoms with Crippen LogP contribution in [0.25, 0.3) is 10.8 Å². The average Bonchev–Trinajstić information content (AvgIpc) is 2.83. The minimum absolute atomic E-state index is 0.107. The number of carbonyl (C=O) groups excluding carboxylic acids is 1. The lowest BCUT2D eigenvalue weighted by Gasteiger charge is -2.31. The molecule has 0 unspecified atom stereocenters. The Kier molecular flexibility index (Phi) is 6.77. The minimum atomic E-state index is -3.66. The summed E-state index contributed by atoms with van der Waals surface area (Å²) in [5.41, 5.74) is 1.05. The predicted octanol–water partition coefficient (Wildman–Crippen LogP) is 3.96. The zero-order chi connectivity index (χ0) is 22.6. The van der Waals surface area contributed by atoms with Crippen molar-refractivity contribution >= 4 is 26.7 Å². The van der Waals surface area contributed by atoms with Crippen LogP contribution in [-0.2, 0) is 21.4 Å². The van der Waals surface area contributed by atoms with Crippen LogP contribution in [0.15, 0.2) is 71.6 Å². The molecule has 1 amide bonds. The molecule has 1 aliphatic heterocycles. The summed E-state index contributed by atoms with van der Waals surface area (Å²) in [6.45, 7) is 3.43. The molecule has 4 rings (SSSR count). The molecule has 0 saturated carbocycles. The third-order valence-corrected chi connectivity index (χ3v) is 7.74. The third-order valence-electron chi connectivity index (χ3n) is 5.86. The summed E-state index contributed by atoms with van der Waals surface area (Å²) in [7, 11) is -3.66. The topological polar surface area (TPSA) is 75.7 Å². The Bertz CT molecular complexity index is 1190. The van der Waals surface area contributed by atoms with Crippen molar-refractivity contribution in [2.24, 2.45) is 5.92 Å². The maximum atomic E-state index is 13.1. The Morgan fingerprint density at radius 1 is 1.06 bits per heavy atom. The van der Waals surface area contributed by atoms with E-state index in [9.17, 15) is 13.2 Å². The van der Waals surface area contributed by atoms with Gasteiger partial charge >= 0.3 is 0 Å². The molecule has 7 heteroatoms. The van der Waals surface area contributed by atoms with Crippen molar-refractivity contribution in [3.8, 4) is 5.75 Å². The molecule has 0 bridgehead atoms. The minimum Gasteiger partial charge on any atom is -0.494 e. The lowest BCUT2D eigenvalue weighted by Crippen LogP contribution is -2.45. The largest absolute Gasteiger partial charge is 0.494 e. The van der Waals surface area contributed by atoms with Gasteiger partial charge in [0.25, 0.3) is 0 Å². The van der Waals surface area contributed by atoms with Crippen LogP contribution >= 0.6 is 0 Å². The van der Waals surface area contributed by atoms with E-state index in [1.807, 2.05) is 49.4 Å². The average molecular weight is 453 g/mol. The van der Waals surface area contributed by atoms with Gasteiger partial charge in [-0.3, -0.25) is 4.79 Å². The molecular formula is C25H28N2O4S. The number of fused-ring (bicyclic) bond motifs is 1. The highest BCUT2D eigenvalue weighted by Gasteiger charge is 2.33. The monoisotopic (exact) mass is 452 g/mol. The van der Waals surface area contributed by atoms with Gasteiger partial charge in [-0.15, -0.1) is 0 Å². The van der Waals surface area contributed by atoms with E-state index in [4.69, 9.17) is 4.74 Å². The first-order valence-corrected chi connectivity index (χ1v) is 12.4. The molecular weight excluding hydrogens is 424 g/mol. The Hall–Kier alpha value is -2.90. The summed E-state index contributed by atoms with van der Waals surface area (Å²) in [4.78, 5) is 13.1. The van der Waals surface area contributed by atoms with E-state index < -0.39 is 10.0 Å². The second-order valence-corrected chi connectivity index (χ2v) is 9.90. The molecule has 1 fully saturated rings. The number of nitrogens with zero attached hydrogens (tertiary/aromatic N) is 1. The van der Waals surface area contributed by atoms with Gasteiger partial charge in [-0.1, -0.05) is 42.5 Å². The molecule has 6 nitrogen and oxygen atoms in total. The number of piperidine rings is 1. The van der Waals surface area contributed by atoms with E-state index in [0.29, 0.717) is 38.3 Å². The lowest BCUT2D eigenvalue weighted by atomic mass is 9.98. The lowest BCUT2D eigenvalue weighted by molar-refractivity contribution is -0.126. The molecule has 1 heterocycles. The number of hydrogen-bond acceptors (Lipinski definition) is 4. The Morgan fingerprint density at radius 2 is 1.81 bits per heavy atom. The van der Waals surface area contributed by atoms with E-state index in [2.05, 4.69) is 5.32 Å². The van der Waals surface area contributed by atoms with Gasteiger partial charge in [0, 0.05) is 19.6 Å². The molecule has 0 aromatic heterocycles. The summed E-state index contributed by atoms with van der Waals surface area (Å²) in [6, 6.07) is 20.5. The summed E-state index contributed by atoms with van der Waals surface area (Å²) in [6.07, 6.45) is 1.33. The van der Waals surface area contributed by atoms with Gasteiger partial charge < -0.3 is 10.1 Å². The van der Waals surface area contributed by atoms with Gasteiger partial charge in [-0.2, -0.15) is 4.31 Å². The number of amides is 1. The number of ether oxygens (including phenoxy) is 1. The summed E-state index contributed by atoms with van der Waals surface area (Å²) >= 11 is 0. The molecule has 1 N–H and O–H groups in total. The molecule has 0 radical (unpaired) electrons. The SMILES string of the molecule is CCOc1ccc(S(=O)(=O)N2CCC[C@@H](C(=O)NCc3cccc4ccccc34)C2)cc1. The van der Waals surface area contributed by atoms with Gasteiger partial charge in [0.05, 0.1) is 17.4 Å². The van der Waals surface area contributed by atoms with Gasteiger partial charge in [0.15, 0.2) is 0 Å². The Labute approximate surface area is 189 Å². The Morgan fingerprint density at radius 3 is 2.59 bits per heavy atom. The second-order valence-electron chi connectivity index (χ2n) is 7.96. The third kappa shape index (κ3) is 4.79. The van der Waals surface area contributed by atoms with Crippen LogP contribution in [0.4, 0.5) is 0 Å². The highest BCUT2D eigenvalue weighted by atomic mass is 32.2. The number of benzene rings is 3. The zero-order valence-electron chi connectivity index (χ0n) is 18.2. The fourth-order valence-electron chi connectivity index (χ4n) is 4.17. The first-order chi connectivity index (χ1) is 15.5. The van der Waals surface area contributed by atoms with E-state index in [1.54, 1.807) is 24.3 Å². The normalized spacial score (nSPS) is 17.2. The number of sulfonamides is 1. The van der Waals surface area contributed by atoms with Crippen molar-refractivity contribution < 1.29 is 17.9 Å². The molecule has 1 atom stereocenters. The fourth-order valence-corrected chi connectivity index (χ4v) is 5.70. The molecule has 1 aliphatic rings.